The van der Waals surface area contributed by atoms with E-state index in [1.54, 1.807) is 6.20 Å². The number of rotatable bonds is 4. The third-order valence-electron chi connectivity index (χ3n) is 3.56. The van der Waals surface area contributed by atoms with Crippen molar-refractivity contribution < 1.29 is 4.74 Å². The van der Waals surface area contributed by atoms with Crippen LogP contribution in [0.15, 0.2) is 24.5 Å². The average Bonchev–Trinajstić information content (AvgIpc) is 2.88. The van der Waals surface area contributed by atoms with Crippen LogP contribution >= 0.6 is 11.5 Å². The van der Waals surface area contributed by atoms with Crippen LogP contribution in [-0.2, 0) is 4.74 Å². The van der Waals surface area contributed by atoms with Gasteiger partial charge in [0.15, 0.2) is 0 Å². The molecule has 1 aliphatic heterocycles. The van der Waals surface area contributed by atoms with Gasteiger partial charge >= 0.3 is 0 Å². The molecule has 2 aromatic heterocycles. The highest BCUT2D eigenvalue weighted by Crippen LogP contribution is 2.36. The van der Waals surface area contributed by atoms with Gasteiger partial charge < -0.3 is 15.8 Å². The predicted octanol–water partition coefficient (Wildman–Crippen LogP) is 2.63. The van der Waals surface area contributed by atoms with Crippen LogP contribution in [0.25, 0.3) is 11.1 Å². The summed E-state index contributed by atoms with van der Waals surface area (Å²) in [6.07, 6.45) is 5.81. The topological polar surface area (TPSA) is 73.1 Å². The number of pyridine rings is 1. The predicted molar refractivity (Wildman–Crippen MR) is 81.8 cm³/mol. The SMILES string of the molecule is Nc1nsc(NCC2CCOCC2)c1-c1cccnc1. The van der Waals surface area contributed by atoms with Crippen LogP contribution < -0.4 is 11.1 Å². The summed E-state index contributed by atoms with van der Waals surface area (Å²) in [7, 11) is 0. The van der Waals surface area contributed by atoms with Crippen molar-refractivity contribution in [1.29, 1.82) is 0 Å². The van der Waals surface area contributed by atoms with E-state index in [1.165, 1.54) is 11.5 Å². The van der Waals surface area contributed by atoms with Crippen molar-refractivity contribution in [1.82, 2.24) is 9.36 Å². The number of nitrogens with zero attached hydrogens (tertiary/aromatic N) is 2. The van der Waals surface area contributed by atoms with Crippen LogP contribution in [-0.4, -0.2) is 29.1 Å². The van der Waals surface area contributed by atoms with Gasteiger partial charge in [0, 0.05) is 37.7 Å². The molecule has 0 aromatic carbocycles. The molecular formula is C14H18N4OS. The molecule has 0 saturated carbocycles. The standard InChI is InChI=1S/C14H18N4OS/c15-13-12(11-2-1-5-16-9-11)14(20-18-13)17-8-10-3-6-19-7-4-10/h1-2,5,9-10,17H,3-4,6-8H2,(H2,15,18). The van der Waals surface area contributed by atoms with Crippen LogP contribution in [0.1, 0.15) is 12.8 Å². The van der Waals surface area contributed by atoms with Crippen LogP contribution in [0.5, 0.6) is 0 Å². The third-order valence-corrected chi connectivity index (χ3v) is 4.38. The van der Waals surface area contributed by atoms with E-state index in [1.807, 2.05) is 18.3 Å². The Hall–Kier alpha value is -1.66. The molecule has 0 bridgehead atoms. The van der Waals surface area contributed by atoms with E-state index >= 15 is 0 Å². The van der Waals surface area contributed by atoms with E-state index in [-0.39, 0.29) is 0 Å². The molecule has 3 heterocycles. The minimum atomic E-state index is 0.567. The molecule has 3 N–H and O–H groups in total. The fourth-order valence-corrected chi connectivity index (χ4v) is 3.14. The lowest BCUT2D eigenvalue weighted by Gasteiger charge is -2.22. The smallest absolute Gasteiger partial charge is 0.147 e. The Morgan fingerprint density at radius 1 is 1.40 bits per heavy atom. The number of hydrogen-bond donors (Lipinski definition) is 2. The Morgan fingerprint density at radius 2 is 2.25 bits per heavy atom. The maximum absolute atomic E-state index is 5.99. The summed E-state index contributed by atoms with van der Waals surface area (Å²) in [5.41, 5.74) is 7.97. The Labute approximate surface area is 122 Å². The highest BCUT2D eigenvalue weighted by molar-refractivity contribution is 7.11. The molecule has 0 radical (unpaired) electrons. The first-order valence-electron chi connectivity index (χ1n) is 6.82. The summed E-state index contributed by atoms with van der Waals surface area (Å²) in [6.45, 7) is 2.68. The van der Waals surface area contributed by atoms with Crippen LogP contribution in [0.2, 0.25) is 0 Å². The first-order valence-corrected chi connectivity index (χ1v) is 7.59. The summed E-state index contributed by atoms with van der Waals surface area (Å²) >= 11 is 1.41. The van der Waals surface area contributed by atoms with Crippen LogP contribution in [0.4, 0.5) is 10.8 Å². The number of ether oxygens (including phenoxy) is 1. The largest absolute Gasteiger partial charge is 0.382 e. The van der Waals surface area contributed by atoms with E-state index in [0.717, 1.165) is 48.7 Å². The first-order chi connectivity index (χ1) is 9.84. The van der Waals surface area contributed by atoms with E-state index in [0.29, 0.717) is 11.7 Å². The number of aromatic nitrogens is 2. The molecule has 0 aliphatic carbocycles. The zero-order valence-electron chi connectivity index (χ0n) is 11.2. The molecule has 0 unspecified atom stereocenters. The van der Waals surface area contributed by atoms with Crippen molar-refractivity contribution >= 4 is 22.4 Å². The van der Waals surface area contributed by atoms with Gasteiger partial charge in [-0.2, -0.15) is 4.37 Å². The highest BCUT2D eigenvalue weighted by atomic mass is 32.1. The molecule has 0 atom stereocenters. The van der Waals surface area contributed by atoms with Gasteiger partial charge in [0.1, 0.15) is 10.8 Å². The average molecular weight is 290 g/mol. The molecule has 6 heteroatoms. The molecule has 1 aliphatic rings. The number of nitrogen functional groups attached to an aromatic ring is 1. The van der Waals surface area contributed by atoms with Gasteiger partial charge in [-0.05, 0) is 36.4 Å². The third kappa shape index (κ3) is 2.91. The lowest BCUT2D eigenvalue weighted by atomic mass is 10.0. The van der Waals surface area contributed by atoms with Gasteiger partial charge in [0.25, 0.3) is 0 Å². The normalized spacial score (nSPS) is 16.2. The summed E-state index contributed by atoms with van der Waals surface area (Å²) in [5.74, 6) is 1.23. The Morgan fingerprint density at radius 3 is 3.00 bits per heavy atom. The first kappa shape index (κ1) is 13.3. The summed E-state index contributed by atoms with van der Waals surface area (Å²) < 4.78 is 9.64. The van der Waals surface area contributed by atoms with E-state index in [2.05, 4.69) is 14.7 Å². The van der Waals surface area contributed by atoms with Gasteiger partial charge in [-0.25, -0.2) is 0 Å². The van der Waals surface area contributed by atoms with Gasteiger partial charge in [-0.1, -0.05) is 6.07 Å². The van der Waals surface area contributed by atoms with Gasteiger partial charge in [0.2, 0.25) is 0 Å². The van der Waals surface area contributed by atoms with Crippen molar-refractivity contribution in [3.63, 3.8) is 0 Å². The minimum Gasteiger partial charge on any atom is -0.382 e. The molecule has 0 amide bonds. The number of anilines is 2. The van der Waals surface area contributed by atoms with Gasteiger partial charge in [-0.15, -0.1) is 0 Å². The van der Waals surface area contributed by atoms with Crippen molar-refractivity contribution in [2.75, 3.05) is 30.8 Å². The Balaban J connectivity index is 1.74. The molecule has 2 aromatic rings. The zero-order valence-corrected chi connectivity index (χ0v) is 12.0. The van der Waals surface area contributed by atoms with Crippen molar-refractivity contribution in [3.8, 4) is 11.1 Å². The fourth-order valence-electron chi connectivity index (χ4n) is 2.40. The quantitative estimate of drug-likeness (QED) is 0.905. The molecule has 3 rings (SSSR count). The maximum Gasteiger partial charge on any atom is 0.147 e. The Kier molecular flexibility index (Phi) is 4.13. The minimum absolute atomic E-state index is 0.567. The zero-order chi connectivity index (χ0) is 13.8. The van der Waals surface area contributed by atoms with Crippen molar-refractivity contribution in [3.05, 3.63) is 24.5 Å². The molecule has 1 fully saturated rings. The monoisotopic (exact) mass is 290 g/mol. The van der Waals surface area contributed by atoms with Gasteiger partial charge in [0.05, 0.1) is 5.56 Å². The van der Waals surface area contributed by atoms with Crippen LogP contribution in [0, 0.1) is 5.92 Å². The lowest BCUT2D eigenvalue weighted by Crippen LogP contribution is -2.22. The number of nitrogens with two attached hydrogens (primary N) is 1. The van der Waals surface area contributed by atoms with E-state index < -0.39 is 0 Å². The molecular weight excluding hydrogens is 272 g/mol. The molecule has 106 valence electrons. The van der Waals surface area contributed by atoms with Crippen molar-refractivity contribution in [2.45, 2.75) is 12.8 Å². The maximum atomic E-state index is 5.99. The second-order valence-electron chi connectivity index (χ2n) is 4.95. The highest BCUT2D eigenvalue weighted by Gasteiger charge is 2.17. The lowest BCUT2D eigenvalue weighted by molar-refractivity contribution is 0.0699. The second-order valence-corrected chi connectivity index (χ2v) is 5.72. The Bertz CT molecular complexity index is 552. The summed E-state index contributed by atoms with van der Waals surface area (Å²) in [4.78, 5) is 4.15. The van der Waals surface area contributed by atoms with E-state index in [9.17, 15) is 0 Å². The van der Waals surface area contributed by atoms with Crippen LogP contribution in [0.3, 0.4) is 0 Å². The second kappa shape index (κ2) is 6.19. The summed E-state index contributed by atoms with van der Waals surface area (Å²) in [5, 5.41) is 4.52. The molecule has 20 heavy (non-hydrogen) atoms. The fraction of sp³-hybridized carbons (Fsp3) is 0.429. The van der Waals surface area contributed by atoms with Gasteiger partial charge in [-0.3, -0.25) is 4.98 Å². The van der Waals surface area contributed by atoms with E-state index in [4.69, 9.17) is 10.5 Å². The molecule has 1 saturated heterocycles. The number of hydrogen-bond acceptors (Lipinski definition) is 6. The van der Waals surface area contributed by atoms with Crippen molar-refractivity contribution in [2.24, 2.45) is 5.92 Å². The molecule has 0 spiro atoms. The molecule has 5 nitrogen and oxygen atoms in total. The number of nitrogens with one attached hydrogen (secondary N) is 1. The summed E-state index contributed by atoms with van der Waals surface area (Å²) in [6, 6.07) is 3.92.